The molecule has 168 valence electrons. The van der Waals surface area contributed by atoms with E-state index in [1.54, 1.807) is 27.8 Å². The molecule has 2 N–H and O–H groups in total. The van der Waals surface area contributed by atoms with E-state index >= 15 is 0 Å². The topological polar surface area (TPSA) is 102 Å². The summed E-state index contributed by atoms with van der Waals surface area (Å²) in [5.74, 6) is -0.708. The first-order chi connectivity index (χ1) is 15.3. The summed E-state index contributed by atoms with van der Waals surface area (Å²) >= 11 is 0. The van der Waals surface area contributed by atoms with Gasteiger partial charge in [-0.05, 0) is 37.0 Å². The third-order valence-corrected chi connectivity index (χ3v) is 7.94. The highest BCUT2D eigenvalue weighted by atomic mass is 32.2. The van der Waals surface area contributed by atoms with Gasteiger partial charge in [0.15, 0.2) is 9.84 Å². The number of para-hydroxylation sites is 1. The number of aryl methyl sites for hydroxylation is 1. The molecule has 0 saturated carbocycles. The number of primary amides is 1. The van der Waals surface area contributed by atoms with Crippen LogP contribution in [0.2, 0.25) is 0 Å². The number of carbonyl (C=O) groups excluding carboxylic acids is 2. The average molecular weight is 454 g/mol. The zero-order chi connectivity index (χ0) is 22.9. The predicted octanol–water partition coefficient (Wildman–Crippen LogP) is 2.65. The van der Waals surface area contributed by atoms with Gasteiger partial charge < -0.3 is 15.2 Å². The monoisotopic (exact) mass is 453 g/mol. The van der Waals surface area contributed by atoms with Crippen molar-refractivity contribution in [2.45, 2.75) is 37.0 Å². The molecule has 1 aliphatic heterocycles. The molecular weight excluding hydrogens is 426 g/mol. The van der Waals surface area contributed by atoms with Crippen LogP contribution in [-0.2, 0) is 31.7 Å². The summed E-state index contributed by atoms with van der Waals surface area (Å²) in [4.78, 5) is 26.2. The number of hydrogen-bond acceptors (Lipinski definition) is 4. The molecule has 8 heteroatoms. The van der Waals surface area contributed by atoms with Crippen LogP contribution in [-0.4, -0.2) is 42.8 Å². The maximum Gasteiger partial charge on any atom is 0.242 e. The number of nitrogens with two attached hydrogens (primary N) is 1. The van der Waals surface area contributed by atoms with Crippen LogP contribution < -0.4 is 5.73 Å². The predicted molar refractivity (Wildman–Crippen MR) is 123 cm³/mol. The van der Waals surface area contributed by atoms with Crippen LogP contribution in [0.4, 0.5) is 0 Å². The van der Waals surface area contributed by atoms with Crippen molar-refractivity contribution in [3.05, 3.63) is 65.9 Å². The largest absolute Gasteiger partial charge is 0.369 e. The Kier molecular flexibility index (Phi) is 6.06. The van der Waals surface area contributed by atoms with Gasteiger partial charge in [-0.25, -0.2) is 8.42 Å². The highest BCUT2D eigenvalue weighted by Gasteiger charge is 2.27. The molecule has 32 heavy (non-hydrogen) atoms. The van der Waals surface area contributed by atoms with Gasteiger partial charge in [-0.15, -0.1) is 0 Å². The molecule has 1 saturated heterocycles. The normalized spacial score (nSPS) is 15.2. The first-order valence-electron chi connectivity index (χ1n) is 10.7. The van der Waals surface area contributed by atoms with Gasteiger partial charge in [-0.1, -0.05) is 42.5 Å². The Hall–Kier alpha value is -3.13. The zero-order valence-corrected chi connectivity index (χ0v) is 18.8. The fourth-order valence-electron chi connectivity index (χ4n) is 4.31. The quantitative estimate of drug-likeness (QED) is 0.620. The summed E-state index contributed by atoms with van der Waals surface area (Å²) in [6.07, 6.45) is 2.69. The van der Waals surface area contributed by atoms with E-state index < -0.39 is 9.84 Å². The third kappa shape index (κ3) is 4.41. The maximum absolute atomic E-state index is 13.3. The lowest BCUT2D eigenvalue weighted by molar-refractivity contribution is -0.135. The fourth-order valence-corrected chi connectivity index (χ4v) is 5.99. The van der Waals surface area contributed by atoms with Crippen molar-refractivity contribution in [2.75, 3.05) is 13.1 Å². The molecule has 0 unspecified atom stereocenters. The molecule has 1 aromatic heterocycles. The third-order valence-electron chi connectivity index (χ3n) is 6.25. The van der Waals surface area contributed by atoms with Crippen molar-refractivity contribution >= 4 is 32.6 Å². The van der Waals surface area contributed by atoms with Crippen LogP contribution in [0.1, 0.15) is 24.0 Å². The molecular formula is C24H27N3O4S. The van der Waals surface area contributed by atoms with Crippen LogP contribution in [0.25, 0.3) is 10.9 Å². The molecule has 3 aromatic rings. The summed E-state index contributed by atoms with van der Waals surface area (Å²) in [6, 6.07) is 14.7. The van der Waals surface area contributed by atoms with Gasteiger partial charge in [0.05, 0.1) is 10.6 Å². The zero-order valence-electron chi connectivity index (χ0n) is 18.0. The second-order valence-corrected chi connectivity index (χ2v) is 10.3. The van der Waals surface area contributed by atoms with Gasteiger partial charge >= 0.3 is 0 Å². The van der Waals surface area contributed by atoms with Gasteiger partial charge in [0, 0.05) is 36.1 Å². The molecule has 0 atom stereocenters. The lowest BCUT2D eigenvalue weighted by atomic mass is 9.96. The molecule has 2 heterocycles. The number of carbonyl (C=O) groups is 2. The molecule has 0 bridgehead atoms. The molecule has 1 aliphatic rings. The molecule has 0 radical (unpaired) electrons. The second-order valence-electron chi connectivity index (χ2n) is 8.38. The Labute approximate surface area is 187 Å². The summed E-state index contributed by atoms with van der Waals surface area (Å²) in [5.41, 5.74) is 7.77. The first kappa shape index (κ1) is 22.1. The number of nitrogens with zero attached hydrogens (tertiary/aromatic N) is 2. The lowest BCUT2D eigenvalue weighted by Gasteiger charge is -2.30. The molecule has 7 nitrogen and oxygen atoms in total. The molecule has 0 spiro atoms. The number of hydrogen-bond donors (Lipinski definition) is 1. The second kappa shape index (κ2) is 8.78. The number of benzene rings is 2. The average Bonchev–Trinajstić information content (AvgIpc) is 3.15. The van der Waals surface area contributed by atoms with Crippen LogP contribution in [0.5, 0.6) is 0 Å². The maximum atomic E-state index is 13.3. The van der Waals surface area contributed by atoms with Gasteiger partial charge in [0.25, 0.3) is 0 Å². The van der Waals surface area contributed by atoms with Crippen molar-refractivity contribution < 1.29 is 18.0 Å². The van der Waals surface area contributed by atoms with Crippen molar-refractivity contribution in [1.82, 2.24) is 9.47 Å². The van der Waals surface area contributed by atoms with E-state index in [1.165, 1.54) is 0 Å². The van der Waals surface area contributed by atoms with E-state index in [-0.39, 0.29) is 34.9 Å². The standard InChI is InChI=1S/C24H27N3O4S/c1-17-6-2-3-7-19(17)16-32(30,31)22-14-27(21-9-5-4-8-20(21)22)15-23(28)26-12-10-18(11-13-26)24(25)29/h2-9,14,18H,10-13,15-16H2,1H3,(H2,25,29). The van der Waals surface area contributed by atoms with Crippen LogP contribution in [0, 0.1) is 12.8 Å². The van der Waals surface area contributed by atoms with Crippen LogP contribution in [0.3, 0.4) is 0 Å². The summed E-state index contributed by atoms with van der Waals surface area (Å²) < 4.78 is 28.3. The van der Waals surface area contributed by atoms with E-state index in [4.69, 9.17) is 5.73 Å². The fraction of sp³-hybridized carbons (Fsp3) is 0.333. The minimum Gasteiger partial charge on any atom is -0.369 e. The smallest absolute Gasteiger partial charge is 0.242 e. The summed E-state index contributed by atoms with van der Waals surface area (Å²) in [7, 11) is -3.62. The van der Waals surface area contributed by atoms with Crippen LogP contribution in [0.15, 0.2) is 59.6 Å². The number of fused-ring (bicyclic) bond motifs is 1. The highest BCUT2D eigenvalue weighted by Crippen LogP contribution is 2.29. The van der Waals surface area contributed by atoms with E-state index in [2.05, 4.69) is 0 Å². The molecule has 2 amide bonds. The number of aromatic nitrogens is 1. The van der Waals surface area contributed by atoms with Gasteiger partial charge in [-0.3, -0.25) is 9.59 Å². The Bertz CT molecular complexity index is 1270. The number of likely N-dealkylation sites (tertiary alicyclic amines) is 1. The Morgan fingerprint density at radius 3 is 2.38 bits per heavy atom. The number of amides is 2. The van der Waals surface area contributed by atoms with E-state index in [0.29, 0.717) is 36.8 Å². The number of rotatable bonds is 6. The molecule has 0 aliphatic carbocycles. The minimum absolute atomic E-state index is 0.0433. The highest BCUT2D eigenvalue weighted by molar-refractivity contribution is 7.90. The van der Waals surface area contributed by atoms with Gasteiger partial charge in [-0.2, -0.15) is 0 Å². The molecule has 2 aromatic carbocycles. The molecule has 4 rings (SSSR count). The SMILES string of the molecule is Cc1ccccc1CS(=O)(=O)c1cn(CC(=O)N2CCC(C(N)=O)CC2)c2ccccc12. The van der Waals surface area contributed by atoms with Crippen molar-refractivity contribution in [2.24, 2.45) is 11.7 Å². The summed E-state index contributed by atoms with van der Waals surface area (Å²) in [6.45, 7) is 2.89. The summed E-state index contributed by atoms with van der Waals surface area (Å²) in [5, 5.41) is 0.612. The van der Waals surface area contributed by atoms with Gasteiger partial charge in [0.1, 0.15) is 6.54 Å². The van der Waals surface area contributed by atoms with Crippen molar-refractivity contribution in [1.29, 1.82) is 0 Å². The Morgan fingerprint density at radius 1 is 1.03 bits per heavy atom. The van der Waals surface area contributed by atoms with Gasteiger partial charge in [0.2, 0.25) is 11.8 Å². The minimum atomic E-state index is -3.62. The number of sulfone groups is 1. The van der Waals surface area contributed by atoms with E-state index in [1.807, 2.05) is 43.3 Å². The van der Waals surface area contributed by atoms with Crippen LogP contribution >= 0.6 is 0 Å². The lowest BCUT2D eigenvalue weighted by Crippen LogP contribution is -2.42. The number of piperidine rings is 1. The van der Waals surface area contributed by atoms with Crippen molar-refractivity contribution in [3.8, 4) is 0 Å². The van der Waals surface area contributed by atoms with E-state index in [9.17, 15) is 18.0 Å². The van der Waals surface area contributed by atoms with Crippen molar-refractivity contribution in [3.63, 3.8) is 0 Å². The first-order valence-corrected chi connectivity index (χ1v) is 12.3. The van der Waals surface area contributed by atoms with E-state index in [0.717, 1.165) is 11.1 Å². The molecule has 1 fully saturated rings. The Morgan fingerprint density at radius 2 is 1.69 bits per heavy atom. The Balaban J connectivity index is 1.60.